The van der Waals surface area contributed by atoms with E-state index in [0.29, 0.717) is 0 Å². The van der Waals surface area contributed by atoms with E-state index in [9.17, 15) is 19.1 Å². The van der Waals surface area contributed by atoms with Gasteiger partial charge in [0.15, 0.2) is 0 Å². The Morgan fingerprint density at radius 1 is 1.42 bits per heavy atom. The minimum absolute atomic E-state index is 0.00580. The molecule has 3 rings (SSSR count). The zero-order valence-electron chi connectivity index (χ0n) is 13.2. The molecule has 1 aromatic carbocycles. The number of hydrogen-bond acceptors (Lipinski definition) is 3. The third-order valence-electron chi connectivity index (χ3n) is 4.33. The molecule has 0 aromatic heterocycles. The van der Waals surface area contributed by atoms with Gasteiger partial charge in [-0.1, -0.05) is 52.6 Å². The highest BCUT2D eigenvalue weighted by atomic mass is 79.9. The Morgan fingerprint density at radius 2 is 2.04 bits per heavy atom. The smallest absolute Gasteiger partial charge is 0.341 e. The van der Waals surface area contributed by atoms with Gasteiger partial charge in [0.05, 0.1) is 15.5 Å². The third-order valence-corrected chi connectivity index (χ3v) is 6.50. The van der Waals surface area contributed by atoms with Crippen LogP contribution in [0.2, 0.25) is 0 Å². The number of carboxylic acid groups (broad SMARTS) is 1. The van der Waals surface area contributed by atoms with E-state index in [-0.39, 0.29) is 41.0 Å². The Balaban J connectivity index is 2.12. The summed E-state index contributed by atoms with van der Waals surface area (Å²) >= 11 is 6.97. The quantitative estimate of drug-likeness (QED) is 0.646. The monoisotopic (exact) mass is 463 g/mol. The number of benzene rings is 1. The Labute approximate surface area is 155 Å². The van der Waals surface area contributed by atoms with Crippen molar-refractivity contribution in [2.75, 3.05) is 11.9 Å². The Kier molecular flexibility index (Phi) is 3.99. The van der Waals surface area contributed by atoms with E-state index in [1.165, 1.54) is 0 Å². The van der Waals surface area contributed by atoms with Crippen molar-refractivity contribution in [3.8, 4) is 5.75 Å². The minimum Gasteiger partial charge on any atom is -0.492 e. The van der Waals surface area contributed by atoms with Crippen molar-refractivity contribution < 1.29 is 23.8 Å². The molecule has 0 radical (unpaired) electrons. The summed E-state index contributed by atoms with van der Waals surface area (Å²) < 4.78 is 19.8. The van der Waals surface area contributed by atoms with Crippen molar-refractivity contribution in [1.29, 1.82) is 0 Å². The molecule has 1 aromatic rings. The molecule has 0 spiro atoms. The number of aromatic carboxylic acids is 1. The number of carbonyl (C=O) groups is 2. The number of anilines is 1. The van der Waals surface area contributed by atoms with Gasteiger partial charge in [-0.2, -0.15) is 0 Å². The standard InChI is InChI=1S/C16H16Br2FNO4/c1-15(2,3)14(23)20-8-4-7(19)9-11-6(16(11,17)18)5-24-12(9)10(8)13(21)22/h4,6,11H,5H2,1-3H3,(H,20,23)(H,21,22). The van der Waals surface area contributed by atoms with Crippen LogP contribution in [0, 0.1) is 17.2 Å². The lowest BCUT2D eigenvalue weighted by Crippen LogP contribution is -2.29. The van der Waals surface area contributed by atoms with Gasteiger partial charge in [-0.05, 0) is 6.07 Å². The van der Waals surface area contributed by atoms with E-state index >= 15 is 0 Å². The SMILES string of the molecule is CC(C)(C)C(=O)Nc1cc(F)c2c(c1C(=O)O)OCC1C2C1(Br)Br. The van der Waals surface area contributed by atoms with Gasteiger partial charge in [0, 0.05) is 22.8 Å². The number of halogens is 3. The molecule has 0 saturated heterocycles. The predicted octanol–water partition coefficient (Wildman–Crippen LogP) is 4.10. The van der Waals surface area contributed by atoms with Gasteiger partial charge in [-0.3, -0.25) is 4.79 Å². The van der Waals surface area contributed by atoms with Crippen LogP contribution in [0.1, 0.15) is 42.6 Å². The number of rotatable bonds is 2. The van der Waals surface area contributed by atoms with Crippen LogP contribution in [-0.2, 0) is 4.79 Å². The molecule has 0 bridgehead atoms. The van der Waals surface area contributed by atoms with Crippen LogP contribution >= 0.6 is 31.9 Å². The average molecular weight is 465 g/mol. The minimum atomic E-state index is -1.27. The summed E-state index contributed by atoms with van der Waals surface area (Å²) in [4.78, 5) is 23.9. The van der Waals surface area contributed by atoms with Crippen molar-refractivity contribution in [1.82, 2.24) is 0 Å². The summed E-state index contributed by atoms with van der Waals surface area (Å²) in [5, 5.41) is 12.1. The molecule has 8 heteroatoms. The maximum absolute atomic E-state index is 14.7. The van der Waals surface area contributed by atoms with Gasteiger partial charge in [0.1, 0.15) is 17.1 Å². The number of fused-ring (bicyclic) bond motifs is 3. The lowest BCUT2D eigenvalue weighted by molar-refractivity contribution is -0.123. The first-order valence-corrected chi connectivity index (χ1v) is 8.96. The molecule has 2 unspecified atom stereocenters. The van der Waals surface area contributed by atoms with Crippen molar-refractivity contribution in [3.05, 3.63) is 23.0 Å². The van der Waals surface area contributed by atoms with Crippen molar-refractivity contribution in [2.45, 2.75) is 29.9 Å². The van der Waals surface area contributed by atoms with E-state index in [1.54, 1.807) is 20.8 Å². The molecule has 2 N–H and O–H groups in total. The van der Waals surface area contributed by atoms with E-state index in [1.807, 2.05) is 0 Å². The molecular formula is C16H16Br2FNO4. The summed E-state index contributed by atoms with van der Waals surface area (Å²) in [6.07, 6.45) is 0. The van der Waals surface area contributed by atoms with Crippen LogP contribution < -0.4 is 10.1 Å². The zero-order valence-corrected chi connectivity index (χ0v) is 16.4. The molecular weight excluding hydrogens is 449 g/mol. The third kappa shape index (κ3) is 2.63. The Bertz CT molecular complexity index is 757. The van der Waals surface area contributed by atoms with Gasteiger partial charge >= 0.3 is 5.97 Å². The fraction of sp³-hybridized carbons (Fsp3) is 0.500. The number of carbonyl (C=O) groups excluding carboxylic acids is 1. The molecule has 2 aliphatic rings. The summed E-state index contributed by atoms with van der Waals surface area (Å²) in [6.45, 7) is 5.33. The molecule has 1 saturated carbocycles. The number of nitrogens with one attached hydrogen (secondary N) is 1. The number of alkyl halides is 2. The fourth-order valence-corrected chi connectivity index (χ4v) is 4.49. The largest absolute Gasteiger partial charge is 0.492 e. The van der Waals surface area contributed by atoms with Gasteiger partial charge in [-0.15, -0.1) is 0 Å². The maximum Gasteiger partial charge on any atom is 0.341 e. The van der Waals surface area contributed by atoms with Gasteiger partial charge in [0.25, 0.3) is 0 Å². The fourth-order valence-electron chi connectivity index (χ4n) is 2.87. The van der Waals surface area contributed by atoms with Crippen LogP contribution in [0.4, 0.5) is 10.1 Å². The van der Waals surface area contributed by atoms with Crippen LogP contribution in [-0.4, -0.2) is 26.8 Å². The molecule has 130 valence electrons. The van der Waals surface area contributed by atoms with E-state index in [0.717, 1.165) is 6.07 Å². The predicted molar refractivity (Wildman–Crippen MR) is 93.8 cm³/mol. The van der Waals surface area contributed by atoms with Crippen molar-refractivity contribution in [2.24, 2.45) is 11.3 Å². The second kappa shape index (κ2) is 5.42. The molecule has 1 aliphatic carbocycles. The van der Waals surface area contributed by atoms with Crippen molar-refractivity contribution in [3.63, 3.8) is 0 Å². The number of carboxylic acids is 1. The van der Waals surface area contributed by atoms with Gasteiger partial charge in [0.2, 0.25) is 5.91 Å². The van der Waals surface area contributed by atoms with Gasteiger partial charge < -0.3 is 15.2 Å². The molecule has 24 heavy (non-hydrogen) atoms. The van der Waals surface area contributed by atoms with Crippen LogP contribution in [0.15, 0.2) is 6.07 Å². The second-order valence-corrected chi connectivity index (χ2v) is 10.8. The second-order valence-electron chi connectivity index (χ2n) is 7.10. The molecule has 1 heterocycles. The highest BCUT2D eigenvalue weighted by Gasteiger charge is 2.66. The zero-order chi connectivity index (χ0) is 18.0. The van der Waals surface area contributed by atoms with Crippen molar-refractivity contribution >= 4 is 49.4 Å². The van der Waals surface area contributed by atoms with E-state index in [4.69, 9.17) is 4.74 Å². The summed E-state index contributed by atoms with van der Waals surface area (Å²) in [6, 6.07) is 1.06. The number of amides is 1. The normalized spacial score (nSPS) is 23.6. The maximum atomic E-state index is 14.7. The topological polar surface area (TPSA) is 75.6 Å². The lowest BCUT2D eigenvalue weighted by Gasteiger charge is -2.23. The van der Waals surface area contributed by atoms with E-state index in [2.05, 4.69) is 37.2 Å². The first kappa shape index (κ1) is 17.7. The van der Waals surface area contributed by atoms with Crippen LogP contribution in [0.3, 0.4) is 0 Å². The highest BCUT2D eigenvalue weighted by molar-refractivity contribution is 9.25. The first-order chi connectivity index (χ1) is 11.0. The number of hydrogen-bond donors (Lipinski definition) is 2. The van der Waals surface area contributed by atoms with Crippen LogP contribution in [0.5, 0.6) is 5.75 Å². The number of ether oxygens (including phenoxy) is 1. The molecule has 1 amide bonds. The van der Waals surface area contributed by atoms with Crippen LogP contribution in [0.25, 0.3) is 0 Å². The first-order valence-electron chi connectivity index (χ1n) is 7.38. The molecule has 2 atom stereocenters. The summed E-state index contributed by atoms with van der Waals surface area (Å²) in [5.41, 5.74) is -0.824. The summed E-state index contributed by atoms with van der Waals surface area (Å²) in [7, 11) is 0. The molecule has 5 nitrogen and oxygen atoms in total. The molecule has 1 aliphatic heterocycles. The highest BCUT2D eigenvalue weighted by Crippen LogP contribution is 2.71. The summed E-state index contributed by atoms with van der Waals surface area (Å²) in [5.74, 6) is -2.46. The van der Waals surface area contributed by atoms with Gasteiger partial charge in [-0.25, -0.2) is 9.18 Å². The average Bonchev–Trinajstić information content (AvgIpc) is 2.99. The Hall–Kier alpha value is -1.15. The molecule has 1 fully saturated rings. The van der Waals surface area contributed by atoms with E-state index < -0.39 is 26.3 Å². The lowest BCUT2D eigenvalue weighted by atomic mass is 9.94. The Morgan fingerprint density at radius 3 is 2.58 bits per heavy atom.